The maximum absolute atomic E-state index is 13.1. The predicted molar refractivity (Wildman–Crippen MR) is 73.1 cm³/mol. The number of nitrogens with zero attached hydrogens (tertiary/aromatic N) is 2. The molecule has 0 saturated carbocycles. The minimum Gasteiger partial charge on any atom is -0.337 e. The van der Waals surface area contributed by atoms with Gasteiger partial charge in [-0.05, 0) is 24.3 Å². The predicted octanol–water partition coefficient (Wildman–Crippen LogP) is 1.51. The lowest BCUT2D eigenvalue weighted by Gasteiger charge is -2.01. The van der Waals surface area contributed by atoms with E-state index in [2.05, 4.69) is 15.5 Å². The molecule has 1 aliphatic rings. The number of alkyl halides is 1. The summed E-state index contributed by atoms with van der Waals surface area (Å²) < 4.78 is 41.1. The van der Waals surface area contributed by atoms with Gasteiger partial charge < -0.3 is 9.84 Å². The van der Waals surface area contributed by atoms with Crippen LogP contribution in [0.5, 0.6) is 0 Å². The van der Waals surface area contributed by atoms with Crippen LogP contribution in [0.1, 0.15) is 18.4 Å². The standard InChI is InChI=1S/C13H14FN3O3S/c1-21(18,19)10-4-2-8(3-5-10)12-16-13(20-17-12)11-6-9(14)7-15-11/h2-5,9,11,15H,6-7H2,1H3/t9-,11+/m0/s1. The third kappa shape index (κ3) is 2.96. The number of halogens is 1. The molecule has 2 atom stereocenters. The van der Waals surface area contributed by atoms with Crippen molar-refractivity contribution in [1.29, 1.82) is 0 Å². The average molecular weight is 311 g/mol. The molecule has 2 heterocycles. The molecule has 1 aromatic carbocycles. The van der Waals surface area contributed by atoms with Crippen molar-refractivity contribution >= 4 is 9.84 Å². The van der Waals surface area contributed by atoms with Gasteiger partial charge in [0.2, 0.25) is 11.7 Å². The fraction of sp³-hybridized carbons (Fsp3) is 0.385. The quantitative estimate of drug-likeness (QED) is 0.925. The van der Waals surface area contributed by atoms with Crippen molar-refractivity contribution in [2.75, 3.05) is 12.8 Å². The van der Waals surface area contributed by atoms with E-state index < -0.39 is 16.0 Å². The Morgan fingerprint density at radius 2 is 2.05 bits per heavy atom. The first-order valence-electron chi connectivity index (χ1n) is 6.45. The SMILES string of the molecule is CS(=O)(=O)c1ccc(-c2noc([C@H]3C[C@H](F)CN3)n2)cc1. The molecule has 8 heteroatoms. The van der Waals surface area contributed by atoms with Crippen LogP contribution in [0.2, 0.25) is 0 Å². The van der Waals surface area contributed by atoms with E-state index in [1.54, 1.807) is 12.1 Å². The van der Waals surface area contributed by atoms with Crippen molar-refractivity contribution < 1.29 is 17.3 Å². The molecule has 6 nitrogen and oxygen atoms in total. The van der Waals surface area contributed by atoms with Crippen LogP contribution in [0.15, 0.2) is 33.7 Å². The molecule has 1 fully saturated rings. The molecule has 0 spiro atoms. The fourth-order valence-electron chi connectivity index (χ4n) is 2.23. The molecule has 1 aliphatic heterocycles. The van der Waals surface area contributed by atoms with E-state index in [9.17, 15) is 12.8 Å². The van der Waals surface area contributed by atoms with E-state index in [0.717, 1.165) is 6.26 Å². The molecule has 0 amide bonds. The molecular weight excluding hydrogens is 297 g/mol. The first-order chi connectivity index (χ1) is 9.93. The Morgan fingerprint density at radius 1 is 1.33 bits per heavy atom. The van der Waals surface area contributed by atoms with Gasteiger partial charge in [-0.15, -0.1) is 0 Å². The van der Waals surface area contributed by atoms with Crippen molar-refractivity contribution in [3.05, 3.63) is 30.2 Å². The van der Waals surface area contributed by atoms with Gasteiger partial charge in [0, 0.05) is 24.8 Å². The second kappa shape index (κ2) is 5.19. The summed E-state index contributed by atoms with van der Waals surface area (Å²) in [4.78, 5) is 4.46. The Bertz CT molecular complexity index is 742. The highest BCUT2D eigenvalue weighted by atomic mass is 32.2. The molecule has 112 valence electrons. The molecule has 0 radical (unpaired) electrons. The van der Waals surface area contributed by atoms with E-state index in [0.29, 0.717) is 23.7 Å². The minimum atomic E-state index is -3.23. The first-order valence-corrected chi connectivity index (χ1v) is 8.34. The van der Waals surface area contributed by atoms with E-state index in [1.807, 2.05) is 0 Å². The Kier molecular flexibility index (Phi) is 3.50. The summed E-state index contributed by atoms with van der Waals surface area (Å²) in [5.74, 6) is 0.700. The molecule has 1 saturated heterocycles. The molecule has 1 aromatic heterocycles. The third-order valence-corrected chi connectivity index (χ3v) is 4.49. The van der Waals surface area contributed by atoms with Crippen molar-refractivity contribution in [2.24, 2.45) is 0 Å². The Labute approximate surface area is 121 Å². The van der Waals surface area contributed by atoms with Crippen molar-refractivity contribution in [1.82, 2.24) is 15.5 Å². The van der Waals surface area contributed by atoms with Crippen LogP contribution >= 0.6 is 0 Å². The summed E-state index contributed by atoms with van der Waals surface area (Å²) in [6.07, 6.45) is 0.557. The Morgan fingerprint density at radius 3 is 2.62 bits per heavy atom. The summed E-state index contributed by atoms with van der Waals surface area (Å²) in [7, 11) is -3.23. The van der Waals surface area contributed by atoms with E-state index in [4.69, 9.17) is 4.52 Å². The number of rotatable bonds is 3. The highest BCUT2D eigenvalue weighted by Crippen LogP contribution is 2.26. The first kappa shape index (κ1) is 14.2. The molecule has 1 N–H and O–H groups in total. The van der Waals surface area contributed by atoms with Gasteiger partial charge in [0.1, 0.15) is 6.17 Å². The van der Waals surface area contributed by atoms with Crippen LogP contribution in [0, 0.1) is 0 Å². The Balaban J connectivity index is 1.83. The van der Waals surface area contributed by atoms with Crippen LogP contribution < -0.4 is 5.32 Å². The number of sulfone groups is 1. The molecule has 21 heavy (non-hydrogen) atoms. The van der Waals surface area contributed by atoms with Gasteiger partial charge in [-0.3, -0.25) is 0 Å². The third-order valence-electron chi connectivity index (χ3n) is 3.36. The molecule has 0 aliphatic carbocycles. The van der Waals surface area contributed by atoms with Gasteiger partial charge in [-0.1, -0.05) is 5.16 Å². The summed E-state index contributed by atoms with van der Waals surface area (Å²) in [5.41, 5.74) is 0.646. The lowest BCUT2D eigenvalue weighted by Crippen LogP contribution is -2.14. The molecule has 2 aromatic rings. The lowest BCUT2D eigenvalue weighted by molar-refractivity contribution is 0.324. The highest BCUT2D eigenvalue weighted by Gasteiger charge is 2.29. The van der Waals surface area contributed by atoms with E-state index >= 15 is 0 Å². The van der Waals surface area contributed by atoms with Crippen LogP contribution in [0.4, 0.5) is 4.39 Å². The summed E-state index contributed by atoms with van der Waals surface area (Å²) in [6.45, 7) is 0.283. The normalized spacial score (nSPS) is 22.6. The van der Waals surface area contributed by atoms with Gasteiger partial charge in [0.05, 0.1) is 10.9 Å². The van der Waals surface area contributed by atoms with Gasteiger partial charge >= 0.3 is 0 Å². The van der Waals surface area contributed by atoms with Crippen molar-refractivity contribution in [3.63, 3.8) is 0 Å². The topological polar surface area (TPSA) is 85.1 Å². The van der Waals surface area contributed by atoms with Crippen LogP contribution in [-0.4, -0.2) is 37.5 Å². The zero-order valence-corrected chi connectivity index (χ0v) is 12.1. The van der Waals surface area contributed by atoms with E-state index in [1.165, 1.54) is 12.1 Å². The van der Waals surface area contributed by atoms with Gasteiger partial charge in [-0.2, -0.15) is 4.98 Å². The van der Waals surface area contributed by atoms with Crippen LogP contribution in [0.25, 0.3) is 11.4 Å². The second-order valence-corrected chi connectivity index (χ2v) is 7.06. The number of benzene rings is 1. The minimum absolute atomic E-state index is 0.229. The van der Waals surface area contributed by atoms with Crippen molar-refractivity contribution in [3.8, 4) is 11.4 Å². The van der Waals surface area contributed by atoms with Crippen LogP contribution in [0.3, 0.4) is 0 Å². The maximum Gasteiger partial charge on any atom is 0.244 e. The smallest absolute Gasteiger partial charge is 0.244 e. The number of aromatic nitrogens is 2. The summed E-state index contributed by atoms with van der Waals surface area (Å²) >= 11 is 0. The number of hydrogen-bond acceptors (Lipinski definition) is 6. The largest absolute Gasteiger partial charge is 0.337 e. The zero-order valence-electron chi connectivity index (χ0n) is 11.3. The van der Waals surface area contributed by atoms with E-state index in [-0.39, 0.29) is 17.5 Å². The summed E-state index contributed by atoms with van der Waals surface area (Å²) in [5, 5.41) is 6.82. The number of hydrogen-bond donors (Lipinski definition) is 1. The fourth-order valence-corrected chi connectivity index (χ4v) is 2.86. The number of nitrogens with one attached hydrogen (secondary N) is 1. The molecule has 0 bridgehead atoms. The lowest BCUT2D eigenvalue weighted by atomic mass is 10.2. The molecule has 3 rings (SSSR count). The zero-order chi connectivity index (χ0) is 15.0. The Hall–Kier alpha value is -1.80. The van der Waals surface area contributed by atoms with Crippen LogP contribution in [-0.2, 0) is 9.84 Å². The van der Waals surface area contributed by atoms with Gasteiger partial charge in [-0.25, -0.2) is 12.8 Å². The molecule has 0 unspecified atom stereocenters. The van der Waals surface area contributed by atoms with Gasteiger partial charge in [0.25, 0.3) is 0 Å². The monoisotopic (exact) mass is 311 g/mol. The highest BCUT2D eigenvalue weighted by molar-refractivity contribution is 7.90. The molecular formula is C13H14FN3O3S. The van der Waals surface area contributed by atoms with Crippen molar-refractivity contribution in [2.45, 2.75) is 23.5 Å². The maximum atomic E-state index is 13.1. The second-order valence-electron chi connectivity index (χ2n) is 5.05. The summed E-state index contributed by atoms with van der Waals surface area (Å²) in [6, 6.07) is 5.95. The van der Waals surface area contributed by atoms with Gasteiger partial charge in [0.15, 0.2) is 9.84 Å². The average Bonchev–Trinajstić information content (AvgIpc) is 3.06.